The van der Waals surface area contributed by atoms with Crippen molar-refractivity contribution in [1.29, 1.82) is 0 Å². The van der Waals surface area contributed by atoms with Crippen LogP contribution in [0.4, 0.5) is 0 Å². The van der Waals surface area contributed by atoms with Crippen LogP contribution in [0.5, 0.6) is 5.75 Å². The van der Waals surface area contributed by atoms with Crippen molar-refractivity contribution in [2.24, 2.45) is 7.05 Å². The van der Waals surface area contributed by atoms with E-state index in [1.807, 2.05) is 59.0 Å². The number of halogens is 1. The van der Waals surface area contributed by atoms with Gasteiger partial charge in [0.25, 0.3) is 5.56 Å². The van der Waals surface area contributed by atoms with E-state index in [-0.39, 0.29) is 12.2 Å². The molecule has 0 saturated carbocycles. The smallest absolute Gasteiger partial charge is 0.262 e. The van der Waals surface area contributed by atoms with Crippen molar-refractivity contribution >= 4 is 39.1 Å². The number of aryl methyl sites for hydroxylation is 1. The number of benzene rings is 3. The van der Waals surface area contributed by atoms with Gasteiger partial charge >= 0.3 is 0 Å². The van der Waals surface area contributed by atoms with Gasteiger partial charge in [0.05, 0.1) is 10.9 Å². The third-order valence-corrected chi connectivity index (χ3v) is 5.21. The molecule has 5 rings (SSSR count). The van der Waals surface area contributed by atoms with Crippen molar-refractivity contribution in [2.45, 2.75) is 6.61 Å². The molecule has 0 atom stereocenters. The fraction of sp³-hybridized carbons (Fsp3) is 0.0952. The van der Waals surface area contributed by atoms with Crippen molar-refractivity contribution in [1.82, 2.24) is 19.2 Å². The van der Waals surface area contributed by atoms with Crippen molar-refractivity contribution in [3.63, 3.8) is 0 Å². The fourth-order valence-corrected chi connectivity index (χ4v) is 3.72. The highest BCUT2D eigenvalue weighted by Crippen LogP contribution is 2.31. The van der Waals surface area contributed by atoms with Crippen LogP contribution in [-0.2, 0) is 13.7 Å². The summed E-state index contributed by atoms with van der Waals surface area (Å²) < 4.78 is 9.43. The standard InChI is InChI=1S/C21H15ClN4O2/c1-25-20(27)15-8-4-5-9-17(15)26-19(23-24-21(25)26)12-28-18-11-10-16(22)13-6-2-3-7-14(13)18/h2-11H,12H2,1H3. The Bertz CT molecular complexity index is 1420. The summed E-state index contributed by atoms with van der Waals surface area (Å²) in [6, 6.07) is 18.9. The van der Waals surface area contributed by atoms with Crippen LogP contribution in [0.1, 0.15) is 5.82 Å². The molecule has 0 spiro atoms. The lowest BCUT2D eigenvalue weighted by Gasteiger charge is -2.11. The predicted molar refractivity (Wildman–Crippen MR) is 109 cm³/mol. The van der Waals surface area contributed by atoms with Crippen LogP contribution in [0.25, 0.3) is 27.5 Å². The molecule has 0 N–H and O–H groups in total. The molecule has 0 aliphatic rings. The Hall–Kier alpha value is -3.38. The molecular weight excluding hydrogens is 376 g/mol. The zero-order chi connectivity index (χ0) is 19.3. The van der Waals surface area contributed by atoms with Crippen molar-refractivity contribution < 1.29 is 4.74 Å². The molecule has 0 bridgehead atoms. The number of aromatic nitrogens is 4. The number of hydrogen-bond acceptors (Lipinski definition) is 4. The molecule has 28 heavy (non-hydrogen) atoms. The van der Waals surface area contributed by atoms with E-state index in [9.17, 15) is 4.79 Å². The fourth-order valence-electron chi connectivity index (χ4n) is 3.49. The third kappa shape index (κ3) is 2.46. The van der Waals surface area contributed by atoms with E-state index in [0.29, 0.717) is 27.8 Å². The summed E-state index contributed by atoms with van der Waals surface area (Å²) >= 11 is 6.29. The normalized spacial score (nSPS) is 11.5. The second-order valence-electron chi connectivity index (χ2n) is 6.51. The number of rotatable bonds is 3. The van der Waals surface area contributed by atoms with E-state index < -0.39 is 0 Å². The highest BCUT2D eigenvalue weighted by atomic mass is 35.5. The van der Waals surface area contributed by atoms with Gasteiger partial charge in [0.2, 0.25) is 5.78 Å². The summed E-state index contributed by atoms with van der Waals surface area (Å²) in [5, 5.41) is 11.6. The van der Waals surface area contributed by atoms with Gasteiger partial charge in [-0.25, -0.2) is 0 Å². The van der Waals surface area contributed by atoms with Gasteiger partial charge in [0.15, 0.2) is 5.82 Å². The Morgan fingerprint density at radius 1 is 0.929 bits per heavy atom. The van der Waals surface area contributed by atoms with Gasteiger partial charge < -0.3 is 4.74 Å². The lowest BCUT2D eigenvalue weighted by atomic mass is 10.1. The lowest BCUT2D eigenvalue weighted by molar-refractivity contribution is 0.298. The van der Waals surface area contributed by atoms with E-state index in [0.717, 1.165) is 16.3 Å². The maximum absolute atomic E-state index is 12.5. The van der Waals surface area contributed by atoms with Gasteiger partial charge in [-0.15, -0.1) is 10.2 Å². The van der Waals surface area contributed by atoms with Crippen LogP contribution in [-0.4, -0.2) is 19.2 Å². The molecular formula is C21H15ClN4O2. The Kier molecular flexibility index (Phi) is 3.80. The zero-order valence-corrected chi connectivity index (χ0v) is 15.7. The molecule has 0 saturated heterocycles. The number of hydrogen-bond donors (Lipinski definition) is 0. The van der Waals surface area contributed by atoms with Crippen LogP contribution >= 0.6 is 11.6 Å². The highest BCUT2D eigenvalue weighted by molar-refractivity contribution is 6.35. The number of ether oxygens (including phenoxy) is 1. The molecule has 0 fully saturated rings. The second-order valence-corrected chi connectivity index (χ2v) is 6.92. The van der Waals surface area contributed by atoms with E-state index >= 15 is 0 Å². The van der Waals surface area contributed by atoms with Crippen molar-refractivity contribution in [3.8, 4) is 5.75 Å². The average Bonchev–Trinajstić information content (AvgIpc) is 3.16. The molecule has 2 heterocycles. The number of para-hydroxylation sites is 1. The Labute approximate surface area is 164 Å². The topological polar surface area (TPSA) is 61.4 Å². The SMILES string of the molecule is Cn1c(=O)c2ccccc2n2c(COc3ccc(Cl)c4ccccc34)nnc12. The van der Waals surface area contributed by atoms with Crippen LogP contribution in [0.15, 0.2) is 65.5 Å². The highest BCUT2D eigenvalue weighted by Gasteiger charge is 2.15. The molecule has 6 nitrogen and oxygen atoms in total. The van der Waals surface area contributed by atoms with Gasteiger partial charge in [0, 0.05) is 22.8 Å². The first-order chi connectivity index (χ1) is 13.6. The largest absolute Gasteiger partial charge is 0.485 e. The van der Waals surface area contributed by atoms with Gasteiger partial charge in [0.1, 0.15) is 12.4 Å². The van der Waals surface area contributed by atoms with Gasteiger partial charge in [-0.1, -0.05) is 48.0 Å². The summed E-state index contributed by atoms with van der Waals surface area (Å²) in [5.41, 5.74) is 0.650. The van der Waals surface area contributed by atoms with E-state index in [2.05, 4.69) is 10.2 Å². The van der Waals surface area contributed by atoms with E-state index in [4.69, 9.17) is 16.3 Å². The Balaban J connectivity index is 1.63. The predicted octanol–water partition coefficient (Wildman–Crippen LogP) is 3.97. The molecule has 3 aromatic carbocycles. The van der Waals surface area contributed by atoms with Crippen molar-refractivity contribution in [3.05, 3.63) is 81.9 Å². The summed E-state index contributed by atoms with van der Waals surface area (Å²) in [7, 11) is 1.69. The van der Waals surface area contributed by atoms with Crippen LogP contribution in [0, 0.1) is 0 Å². The average molecular weight is 391 g/mol. The van der Waals surface area contributed by atoms with Gasteiger partial charge in [-0.3, -0.25) is 13.8 Å². The Morgan fingerprint density at radius 3 is 2.46 bits per heavy atom. The maximum atomic E-state index is 12.5. The minimum Gasteiger partial charge on any atom is -0.485 e. The molecule has 0 radical (unpaired) electrons. The molecule has 2 aromatic heterocycles. The van der Waals surface area contributed by atoms with Crippen LogP contribution in [0.3, 0.4) is 0 Å². The molecule has 0 aliphatic heterocycles. The molecule has 0 unspecified atom stereocenters. The van der Waals surface area contributed by atoms with Gasteiger partial charge in [-0.05, 0) is 24.3 Å². The summed E-state index contributed by atoms with van der Waals surface area (Å²) in [5.74, 6) is 1.80. The van der Waals surface area contributed by atoms with E-state index in [1.54, 1.807) is 13.1 Å². The summed E-state index contributed by atoms with van der Waals surface area (Å²) in [4.78, 5) is 12.5. The van der Waals surface area contributed by atoms with Crippen molar-refractivity contribution in [2.75, 3.05) is 0 Å². The molecule has 5 aromatic rings. The molecule has 138 valence electrons. The number of fused-ring (bicyclic) bond motifs is 4. The first kappa shape index (κ1) is 16.8. The van der Waals surface area contributed by atoms with E-state index in [1.165, 1.54) is 4.57 Å². The molecule has 0 amide bonds. The van der Waals surface area contributed by atoms with Crippen LogP contribution in [0.2, 0.25) is 5.02 Å². The zero-order valence-electron chi connectivity index (χ0n) is 15.0. The monoisotopic (exact) mass is 390 g/mol. The summed E-state index contributed by atoms with van der Waals surface area (Å²) in [6.45, 7) is 0.203. The Morgan fingerprint density at radius 2 is 1.64 bits per heavy atom. The maximum Gasteiger partial charge on any atom is 0.262 e. The number of nitrogens with zero attached hydrogens (tertiary/aromatic N) is 4. The first-order valence-corrected chi connectivity index (χ1v) is 9.15. The summed E-state index contributed by atoms with van der Waals surface area (Å²) in [6.07, 6.45) is 0. The second kappa shape index (κ2) is 6.35. The van der Waals surface area contributed by atoms with Crippen LogP contribution < -0.4 is 10.3 Å². The quantitative estimate of drug-likeness (QED) is 0.467. The van der Waals surface area contributed by atoms with Gasteiger partial charge in [-0.2, -0.15) is 0 Å². The third-order valence-electron chi connectivity index (χ3n) is 4.88. The minimum absolute atomic E-state index is 0.105. The molecule has 7 heteroatoms. The minimum atomic E-state index is -0.105. The lowest BCUT2D eigenvalue weighted by Crippen LogP contribution is -2.20. The molecule has 0 aliphatic carbocycles. The first-order valence-electron chi connectivity index (χ1n) is 8.77.